The first-order valence-corrected chi connectivity index (χ1v) is 5.90. The first kappa shape index (κ1) is 12.2. The lowest BCUT2D eigenvalue weighted by atomic mass is 10.1. The zero-order valence-corrected chi connectivity index (χ0v) is 9.82. The maximum absolute atomic E-state index is 6.05. The Morgan fingerprint density at radius 1 is 1.40 bits per heavy atom. The van der Waals surface area contributed by atoms with Gasteiger partial charge in [0.05, 0.1) is 0 Å². The van der Waals surface area contributed by atoms with E-state index in [1.807, 2.05) is 4.68 Å². The summed E-state index contributed by atoms with van der Waals surface area (Å²) in [6.07, 6.45) is 7.28. The lowest BCUT2D eigenvalue weighted by molar-refractivity contribution is 0.521. The van der Waals surface area contributed by atoms with Crippen LogP contribution in [0, 0.1) is 0 Å². The van der Waals surface area contributed by atoms with Crippen LogP contribution in [0.3, 0.4) is 0 Å². The van der Waals surface area contributed by atoms with Gasteiger partial charge >= 0.3 is 0 Å². The zero-order valence-electron chi connectivity index (χ0n) is 9.82. The van der Waals surface area contributed by atoms with Gasteiger partial charge in [0.25, 0.3) is 0 Å². The Bertz CT molecular complexity index is 269. The summed E-state index contributed by atoms with van der Waals surface area (Å²) < 4.78 is 1.92. The van der Waals surface area contributed by atoms with E-state index in [4.69, 9.17) is 5.73 Å². The van der Waals surface area contributed by atoms with E-state index in [1.165, 1.54) is 19.3 Å². The Hall–Kier alpha value is -0.900. The van der Waals surface area contributed by atoms with Crippen LogP contribution < -0.4 is 5.73 Å². The monoisotopic (exact) mass is 210 g/mol. The molecule has 0 aliphatic rings. The molecule has 0 aliphatic carbocycles. The van der Waals surface area contributed by atoms with Gasteiger partial charge in [-0.1, -0.05) is 26.2 Å². The molecule has 15 heavy (non-hydrogen) atoms. The van der Waals surface area contributed by atoms with Gasteiger partial charge in [-0.15, -0.1) is 0 Å². The van der Waals surface area contributed by atoms with Crippen LogP contribution >= 0.6 is 0 Å². The van der Waals surface area contributed by atoms with Crippen molar-refractivity contribution in [2.45, 2.75) is 58.5 Å². The fourth-order valence-electron chi connectivity index (χ4n) is 1.70. The topological polar surface area (TPSA) is 56.7 Å². The number of nitrogens with zero attached hydrogens (tertiary/aromatic N) is 3. The largest absolute Gasteiger partial charge is 0.327 e. The van der Waals surface area contributed by atoms with Crippen molar-refractivity contribution >= 4 is 0 Å². The molecular formula is C11H22N4. The summed E-state index contributed by atoms with van der Waals surface area (Å²) in [6, 6.07) is 0.228. The molecule has 0 saturated heterocycles. The van der Waals surface area contributed by atoms with Crippen molar-refractivity contribution in [1.82, 2.24) is 14.8 Å². The maximum Gasteiger partial charge on any atom is 0.138 e. The lowest BCUT2D eigenvalue weighted by Crippen LogP contribution is -2.24. The minimum absolute atomic E-state index is 0.228. The molecule has 0 amide bonds. The van der Waals surface area contributed by atoms with Crippen molar-refractivity contribution in [2.24, 2.45) is 5.73 Å². The van der Waals surface area contributed by atoms with Gasteiger partial charge < -0.3 is 5.73 Å². The molecule has 0 radical (unpaired) electrons. The fraction of sp³-hybridized carbons (Fsp3) is 0.818. The van der Waals surface area contributed by atoms with Crippen LogP contribution in [0.2, 0.25) is 0 Å². The number of rotatable bonds is 7. The molecule has 4 nitrogen and oxygen atoms in total. The molecule has 4 heteroatoms. The van der Waals surface area contributed by atoms with Gasteiger partial charge in [0, 0.05) is 19.0 Å². The fourth-order valence-corrected chi connectivity index (χ4v) is 1.70. The van der Waals surface area contributed by atoms with E-state index >= 15 is 0 Å². The van der Waals surface area contributed by atoms with Crippen molar-refractivity contribution < 1.29 is 0 Å². The molecule has 0 spiro atoms. The molecule has 1 aromatic rings. The Morgan fingerprint density at radius 3 is 2.87 bits per heavy atom. The van der Waals surface area contributed by atoms with Crippen LogP contribution in [-0.2, 0) is 13.0 Å². The number of unbranched alkanes of at least 4 members (excludes halogenated alkanes) is 2. The first-order chi connectivity index (χ1) is 7.27. The molecule has 2 N–H and O–H groups in total. The Balaban J connectivity index is 2.33. The number of nitrogens with two attached hydrogens (primary N) is 1. The Labute approximate surface area is 91.9 Å². The average Bonchev–Trinajstić information content (AvgIpc) is 2.65. The molecule has 0 aromatic carbocycles. The number of hydrogen-bond donors (Lipinski definition) is 1. The van der Waals surface area contributed by atoms with Crippen LogP contribution in [-0.4, -0.2) is 20.8 Å². The predicted octanol–water partition coefficient (Wildman–Crippen LogP) is 1.75. The van der Waals surface area contributed by atoms with Gasteiger partial charge in [-0.25, -0.2) is 4.98 Å². The second-order valence-corrected chi connectivity index (χ2v) is 3.95. The maximum atomic E-state index is 6.05. The highest BCUT2D eigenvalue weighted by molar-refractivity contribution is 4.88. The summed E-state index contributed by atoms with van der Waals surface area (Å²) in [6.45, 7) is 5.15. The summed E-state index contributed by atoms with van der Waals surface area (Å²) in [4.78, 5) is 4.23. The predicted molar refractivity (Wildman–Crippen MR) is 61.5 cm³/mol. The van der Waals surface area contributed by atoms with Gasteiger partial charge in [-0.3, -0.25) is 4.68 Å². The number of aromatic nitrogens is 3. The molecule has 0 aliphatic heterocycles. The second kappa shape index (κ2) is 6.56. The quantitative estimate of drug-likeness (QED) is 0.697. The molecule has 1 aromatic heterocycles. The van der Waals surface area contributed by atoms with E-state index in [0.717, 1.165) is 25.2 Å². The van der Waals surface area contributed by atoms with Crippen molar-refractivity contribution in [3.05, 3.63) is 12.2 Å². The third-order valence-corrected chi connectivity index (χ3v) is 2.62. The van der Waals surface area contributed by atoms with Crippen molar-refractivity contribution in [1.29, 1.82) is 0 Å². The Morgan fingerprint density at radius 2 is 2.20 bits per heavy atom. The van der Waals surface area contributed by atoms with Crippen LogP contribution in [0.25, 0.3) is 0 Å². The first-order valence-electron chi connectivity index (χ1n) is 5.90. The summed E-state index contributed by atoms with van der Waals surface area (Å²) in [5, 5.41) is 4.13. The summed E-state index contributed by atoms with van der Waals surface area (Å²) in [5.41, 5.74) is 6.05. The smallest absolute Gasteiger partial charge is 0.138 e. The highest BCUT2D eigenvalue weighted by Gasteiger charge is 2.08. The summed E-state index contributed by atoms with van der Waals surface area (Å²) in [5.74, 6) is 1.02. The summed E-state index contributed by atoms with van der Waals surface area (Å²) in [7, 11) is 0. The van der Waals surface area contributed by atoms with E-state index in [1.54, 1.807) is 6.33 Å². The minimum Gasteiger partial charge on any atom is -0.327 e. The van der Waals surface area contributed by atoms with Gasteiger partial charge in [-0.2, -0.15) is 5.10 Å². The zero-order chi connectivity index (χ0) is 11.1. The van der Waals surface area contributed by atoms with Crippen LogP contribution in [0.1, 0.15) is 45.4 Å². The van der Waals surface area contributed by atoms with Crippen LogP contribution in [0.15, 0.2) is 6.33 Å². The molecule has 1 unspecified atom stereocenters. The summed E-state index contributed by atoms with van der Waals surface area (Å²) >= 11 is 0. The number of hydrogen-bond acceptors (Lipinski definition) is 3. The molecule has 0 saturated carbocycles. The van der Waals surface area contributed by atoms with Gasteiger partial charge in [0.2, 0.25) is 0 Å². The molecule has 1 rings (SSSR count). The molecular weight excluding hydrogens is 188 g/mol. The van der Waals surface area contributed by atoms with Crippen molar-refractivity contribution in [3.8, 4) is 0 Å². The van der Waals surface area contributed by atoms with E-state index < -0.39 is 0 Å². The van der Waals surface area contributed by atoms with E-state index in [2.05, 4.69) is 23.9 Å². The van der Waals surface area contributed by atoms with E-state index in [-0.39, 0.29) is 6.04 Å². The SMILES string of the molecule is CCCCCC(N)Cc1ncnn1CC. The van der Waals surface area contributed by atoms with Crippen LogP contribution in [0.5, 0.6) is 0 Å². The van der Waals surface area contributed by atoms with E-state index in [9.17, 15) is 0 Å². The van der Waals surface area contributed by atoms with Crippen molar-refractivity contribution in [2.75, 3.05) is 0 Å². The minimum atomic E-state index is 0.228. The third-order valence-electron chi connectivity index (χ3n) is 2.62. The standard InChI is InChI=1S/C11H22N4/c1-3-5-6-7-10(12)8-11-13-9-14-15(11)4-2/h9-10H,3-8,12H2,1-2H3. The van der Waals surface area contributed by atoms with Gasteiger partial charge in [-0.05, 0) is 13.3 Å². The van der Waals surface area contributed by atoms with Crippen LogP contribution in [0.4, 0.5) is 0 Å². The molecule has 86 valence electrons. The van der Waals surface area contributed by atoms with Crippen molar-refractivity contribution in [3.63, 3.8) is 0 Å². The third kappa shape index (κ3) is 4.00. The normalized spacial score (nSPS) is 13.0. The molecule has 0 fully saturated rings. The second-order valence-electron chi connectivity index (χ2n) is 3.95. The highest BCUT2D eigenvalue weighted by atomic mass is 15.3. The highest BCUT2D eigenvalue weighted by Crippen LogP contribution is 2.06. The molecule has 1 heterocycles. The number of aryl methyl sites for hydroxylation is 1. The molecule has 1 atom stereocenters. The van der Waals surface area contributed by atoms with Gasteiger partial charge in [0.1, 0.15) is 12.2 Å². The lowest BCUT2D eigenvalue weighted by Gasteiger charge is -2.10. The molecule has 0 bridgehead atoms. The van der Waals surface area contributed by atoms with E-state index in [0.29, 0.717) is 0 Å². The average molecular weight is 210 g/mol. The Kier molecular flexibility index (Phi) is 5.32. The van der Waals surface area contributed by atoms with Gasteiger partial charge in [0.15, 0.2) is 0 Å².